The number of ether oxygens (including phenoxy) is 2. The van der Waals surface area contributed by atoms with E-state index in [9.17, 15) is 14.7 Å². The zero-order valence-corrected chi connectivity index (χ0v) is 27.5. The van der Waals surface area contributed by atoms with E-state index in [4.69, 9.17) is 14.6 Å². The Hall–Kier alpha value is -4.83. The Morgan fingerprint density at radius 3 is 2.31 bits per heavy atom. The van der Waals surface area contributed by atoms with Crippen molar-refractivity contribution in [1.82, 2.24) is 14.9 Å². The topological polar surface area (TPSA) is 123 Å². The Balaban J connectivity index is 1.13. The van der Waals surface area contributed by atoms with E-state index in [0.717, 1.165) is 63.7 Å². The Bertz CT molecular complexity index is 1840. The lowest BCUT2D eigenvalue weighted by molar-refractivity contribution is -0.252. The molecule has 0 unspecified atom stereocenters. The third-order valence-electron chi connectivity index (χ3n) is 9.07. The number of carbonyl (C=O) groups is 2. The monoisotopic (exact) mass is 661 g/mol. The molecule has 0 bridgehead atoms. The van der Waals surface area contributed by atoms with Crippen molar-refractivity contribution >= 4 is 22.9 Å². The predicted molar refractivity (Wildman–Crippen MR) is 187 cm³/mol. The number of imidazole rings is 1. The smallest absolute Gasteiger partial charge is 0.303 e. The molecule has 9 heteroatoms. The average molecular weight is 662 g/mol. The maximum atomic E-state index is 12.5. The van der Waals surface area contributed by atoms with Crippen molar-refractivity contribution in [3.05, 3.63) is 126 Å². The average Bonchev–Trinajstić information content (AvgIpc) is 3.54. The van der Waals surface area contributed by atoms with Crippen LogP contribution in [0.3, 0.4) is 0 Å². The van der Waals surface area contributed by atoms with E-state index < -0.39 is 12.3 Å². The molecule has 1 fully saturated rings. The third-order valence-corrected chi connectivity index (χ3v) is 9.07. The number of amides is 1. The van der Waals surface area contributed by atoms with Crippen LogP contribution < -0.4 is 5.32 Å². The van der Waals surface area contributed by atoms with Gasteiger partial charge in [0.1, 0.15) is 0 Å². The standard InChI is InChI=1S/C40H43N3O6/c44-26-28-15-17-30(18-16-28)37-23-33(25-43-27-42-35-11-7-8-12-36(35)43)48-40(49-37)31-21-19-29(20-22-31)34-10-6-5-9-32(34)24-41-38(45)13-3-1-2-4-14-39(46)47/h5-12,15-22,27,33,37,40,44H,1-4,13-14,23-26H2,(H,41,45)(H,46,47)/t33-,37+,40+/m0/s1. The quantitative estimate of drug-likeness (QED) is 0.0994. The van der Waals surface area contributed by atoms with Crippen LogP contribution in [0.15, 0.2) is 103 Å². The van der Waals surface area contributed by atoms with Gasteiger partial charge in [-0.25, -0.2) is 4.98 Å². The van der Waals surface area contributed by atoms with Gasteiger partial charge in [0.15, 0.2) is 6.29 Å². The number of nitrogens with one attached hydrogen (secondary N) is 1. The van der Waals surface area contributed by atoms with Crippen LogP contribution in [-0.4, -0.2) is 37.7 Å². The van der Waals surface area contributed by atoms with Gasteiger partial charge < -0.3 is 29.6 Å². The molecule has 0 saturated carbocycles. The first kappa shape index (κ1) is 34.0. The van der Waals surface area contributed by atoms with E-state index in [2.05, 4.69) is 39.1 Å². The summed E-state index contributed by atoms with van der Waals surface area (Å²) in [5.41, 5.74) is 7.91. The van der Waals surface area contributed by atoms with Crippen LogP contribution in [-0.2, 0) is 38.8 Å². The van der Waals surface area contributed by atoms with Crippen molar-refractivity contribution in [2.24, 2.45) is 0 Å². The van der Waals surface area contributed by atoms with Crippen LogP contribution in [0.25, 0.3) is 22.2 Å². The predicted octanol–water partition coefficient (Wildman–Crippen LogP) is 7.48. The minimum Gasteiger partial charge on any atom is -0.481 e. The molecule has 254 valence electrons. The Morgan fingerprint density at radius 1 is 0.816 bits per heavy atom. The van der Waals surface area contributed by atoms with Gasteiger partial charge in [-0.1, -0.05) is 97.8 Å². The van der Waals surface area contributed by atoms with Crippen molar-refractivity contribution in [3.8, 4) is 11.1 Å². The number of carbonyl (C=O) groups excluding carboxylic acids is 1. The number of aliphatic hydroxyl groups excluding tert-OH is 1. The van der Waals surface area contributed by atoms with Gasteiger partial charge in [-0.2, -0.15) is 0 Å². The molecule has 49 heavy (non-hydrogen) atoms. The molecule has 4 aromatic carbocycles. The van der Waals surface area contributed by atoms with E-state index in [1.807, 2.05) is 79.1 Å². The summed E-state index contributed by atoms with van der Waals surface area (Å²) < 4.78 is 15.3. The third kappa shape index (κ3) is 9.00. The Labute approximate surface area is 286 Å². The van der Waals surface area contributed by atoms with Crippen molar-refractivity contribution in [3.63, 3.8) is 0 Å². The molecular weight excluding hydrogens is 618 g/mol. The van der Waals surface area contributed by atoms with E-state index in [1.54, 1.807) is 0 Å². The summed E-state index contributed by atoms with van der Waals surface area (Å²) >= 11 is 0. The summed E-state index contributed by atoms with van der Waals surface area (Å²) in [5.74, 6) is -0.783. The molecular formula is C40H43N3O6. The molecule has 1 aromatic heterocycles. The normalized spacial score (nSPS) is 17.6. The number of hydrogen-bond acceptors (Lipinski definition) is 6. The zero-order chi connectivity index (χ0) is 34.0. The largest absolute Gasteiger partial charge is 0.481 e. The number of aromatic nitrogens is 2. The van der Waals surface area contributed by atoms with Gasteiger partial charge in [-0.3, -0.25) is 9.59 Å². The highest BCUT2D eigenvalue weighted by molar-refractivity contribution is 5.77. The number of aliphatic hydroxyl groups is 1. The molecule has 2 heterocycles. The summed E-state index contributed by atoms with van der Waals surface area (Å²) in [6, 6.07) is 32.3. The van der Waals surface area contributed by atoms with Crippen LogP contribution in [0, 0.1) is 0 Å². The number of carboxylic acids is 1. The fourth-order valence-electron chi connectivity index (χ4n) is 6.38. The van der Waals surface area contributed by atoms with Gasteiger partial charge >= 0.3 is 5.97 Å². The molecule has 0 spiro atoms. The fourth-order valence-corrected chi connectivity index (χ4v) is 6.38. The van der Waals surface area contributed by atoms with Crippen LogP contribution in [0.5, 0.6) is 0 Å². The van der Waals surface area contributed by atoms with Gasteiger partial charge in [0.2, 0.25) is 5.91 Å². The fraction of sp³-hybridized carbons (Fsp3) is 0.325. The minimum absolute atomic E-state index is 0.00576. The SMILES string of the molecule is O=C(O)CCCCCCC(=O)NCc1ccccc1-c1ccc([C@@H]2O[C@H](Cn3cnc4ccccc43)C[C@H](c3ccc(CO)cc3)O2)cc1. The molecule has 0 aliphatic carbocycles. The number of rotatable bonds is 15. The second kappa shape index (κ2) is 16.5. The van der Waals surface area contributed by atoms with Gasteiger partial charge in [0.25, 0.3) is 0 Å². The first-order chi connectivity index (χ1) is 24.0. The summed E-state index contributed by atoms with van der Waals surface area (Å²) in [4.78, 5) is 27.8. The lowest BCUT2D eigenvalue weighted by Gasteiger charge is -2.36. The number of benzene rings is 4. The minimum atomic E-state index is -0.777. The van der Waals surface area contributed by atoms with Gasteiger partial charge in [-0.15, -0.1) is 0 Å². The Kier molecular flexibility index (Phi) is 11.5. The van der Waals surface area contributed by atoms with Crippen LogP contribution >= 0.6 is 0 Å². The molecule has 1 aliphatic heterocycles. The maximum absolute atomic E-state index is 12.5. The second-order valence-corrected chi connectivity index (χ2v) is 12.6. The highest BCUT2D eigenvalue weighted by Crippen LogP contribution is 2.39. The molecule has 3 atom stereocenters. The molecule has 1 saturated heterocycles. The van der Waals surface area contributed by atoms with E-state index >= 15 is 0 Å². The number of hydrogen-bond donors (Lipinski definition) is 3. The van der Waals surface area contributed by atoms with Gasteiger partial charge in [0, 0.05) is 31.4 Å². The summed E-state index contributed by atoms with van der Waals surface area (Å²) in [5, 5.41) is 21.4. The van der Waals surface area contributed by atoms with Crippen LogP contribution in [0.4, 0.5) is 0 Å². The van der Waals surface area contributed by atoms with Crippen molar-refractivity contribution in [2.45, 2.75) is 83.1 Å². The van der Waals surface area contributed by atoms with Gasteiger partial charge in [0.05, 0.1) is 42.7 Å². The lowest BCUT2D eigenvalue weighted by Crippen LogP contribution is -2.32. The zero-order valence-electron chi connectivity index (χ0n) is 27.5. The number of carboxylic acid groups (broad SMARTS) is 1. The lowest BCUT2D eigenvalue weighted by atomic mass is 9.97. The maximum Gasteiger partial charge on any atom is 0.303 e. The number of fused-ring (bicyclic) bond motifs is 1. The van der Waals surface area contributed by atoms with E-state index in [0.29, 0.717) is 32.4 Å². The van der Waals surface area contributed by atoms with Crippen molar-refractivity contribution in [2.75, 3.05) is 0 Å². The highest BCUT2D eigenvalue weighted by Gasteiger charge is 2.32. The van der Waals surface area contributed by atoms with Gasteiger partial charge in [-0.05, 0) is 52.8 Å². The first-order valence-corrected chi connectivity index (χ1v) is 17.0. The first-order valence-electron chi connectivity index (χ1n) is 17.0. The van der Waals surface area contributed by atoms with Crippen LogP contribution in [0.1, 0.15) is 79.6 Å². The van der Waals surface area contributed by atoms with Crippen molar-refractivity contribution in [1.29, 1.82) is 0 Å². The molecule has 5 aromatic rings. The summed E-state index contributed by atoms with van der Waals surface area (Å²) in [6.45, 7) is 1.05. The molecule has 1 amide bonds. The number of aliphatic carboxylic acids is 1. The molecule has 0 radical (unpaired) electrons. The summed E-state index contributed by atoms with van der Waals surface area (Å²) in [6.07, 6.45) is 5.28. The number of para-hydroxylation sites is 2. The number of unbranched alkanes of at least 4 members (excludes halogenated alkanes) is 3. The molecule has 1 aliphatic rings. The second-order valence-electron chi connectivity index (χ2n) is 12.6. The molecule has 6 rings (SSSR count). The molecule has 3 N–H and O–H groups in total. The molecule has 9 nitrogen and oxygen atoms in total. The van der Waals surface area contributed by atoms with E-state index in [-0.39, 0.29) is 31.1 Å². The van der Waals surface area contributed by atoms with Crippen molar-refractivity contribution < 1.29 is 29.3 Å². The number of nitrogens with zero attached hydrogens (tertiary/aromatic N) is 2. The Morgan fingerprint density at radius 2 is 1.53 bits per heavy atom. The highest BCUT2D eigenvalue weighted by atomic mass is 16.7. The van der Waals surface area contributed by atoms with Crippen LogP contribution in [0.2, 0.25) is 0 Å². The summed E-state index contributed by atoms with van der Waals surface area (Å²) in [7, 11) is 0. The van der Waals surface area contributed by atoms with E-state index in [1.165, 1.54) is 0 Å².